The molecule has 0 spiro atoms. The van der Waals surface area contributed by atoms with Crippen molar-refractivity contribution in [2.75, 3.05) is 5.73 Å². The molecule has 6 heteroatoms. The van der Waals surface area contributed by atoms with Crippen LogP contribution in [0, 0.1) is 0 Å². The van der Waals surface area contributed by atoms with Crippen molar-refractivity contribution >= 4 is 55.9 Å². The number of fused-ring (bicyclic) bond motifs is 1. The minimum atomic E-state index is 0.388. The number of hydrogen-bond acceptors (Lipinski definition) is 2. The van der Waals surface area contributed by atoms with Gasteiger partial charge < -0.3 is 10.3 Å². The summed E-state index contributed by atoms with van der Waals surface area (Å²) < 4.78 is 2.99. The Labute approximate surface area is 134 Å². The van der Waals surface area contributed by atoms with E-state index in [4.69, 9.17) is 28.9 Å². The molecule has 0 saturated carbocycles. The molecule has 0 unspecified atom stereocenters. The number of benzene rings is 2. The molecule has 3 nitrogen and oxygen atoms in total. The molecule has 3 rings (SSSR count). The van der Waals surface area contributed by atoms with E-state index in [-0.39, 0.29) is 0 Å². The first kappa shape index (κ1) is 13.7. The van der Waals surface area contributed by atoms with E-state index in [9.17, 15) is 0 Å². The summed E-state index contributed by atoms with van der Waals surface area (Å²) in [7, 11) is 1.96. The molecular formula is C14H10BrCl2N3. The van der Waals surface area contributed by atoms with E-state index >= 15 is 0 Å². The highest BCUT2D eigenvalue weighted by molar-refractivity contribution is 9.10. The highest BCUT2D eigenvalue weighted by atomic mass is 79.9. The van der Waals surface area contributed by atoms with E-state index < -0.39 is 0 Å². The van der Waals surface area contributed by atoms with Crippen LogP contribution in [0.5, 0.6) is 0 Å². The normalized spacial score (nSPS) is 11.2. The van der Waals surface area contributed by atoms with E-state index in [1.165, 1.54) is 0 Å². The maximum Gasteiger partial charge on any atom is 0.140 e. The quantitative estimate of drug-likeness (QED) is 0.619. The summed E-state index contributed by atoms with van der Waals surface area (Å²) in [6.45, 7) is 0. The first-order chi connectivity index (χ1) is 9.47. The van der Waals surface area contributed by atoms with Gasteiger partial charge in [-0.1, -0.05) is 39.1 Å². The fourth-order valence-electron chi connectivity index (χ4n) is 2.14. The van der Waals surface area contributed by atoms with Gasteiger partial charge >= 0.3 is 0 Å². The zero-order valence-corrected chi connectivity index (χ0v) is 13.6. The highest BCUT2D eigenvalue weighted by Crippen LogP contribution is 2.34. The van der Waals surface area contributed by atoms with Gasteiger partial charge in [0.2, 0.25) is 0 Å². The Kier molecular flexibility index (Phi) is 3.40. The van der Waals surface area contributed by atoms with Gasteiger partial charge in [0.15, 0.2) is 0 Å². The molecule has 2 N–H and O–H groups in total. The summed E-state index contributed by atoms with van der Waals surface area (Å²) in [4.78, 5) is 4.63. The molecule has 1 heterocycles. The van der Waals surface area contributed by atoms with E-state index in [1.54, 1.807) is 12.1 Å². The molecule has 0 saturated heterocycles. The number of nitrogens with zero attached hydrogens (tertiary/aromatic N) is 2. The Morgan fingerprint density at radius 1 is 1.15 bits per heavy atom. The molecular weight excluding hydrogens is 361 g/mol. The number of nitrogens with two attached hydrogens (primary N) is 1. The first-order valence-electron chi connectivity index (χ1n) is 5.84. The Bertz CT molecular complexity index is 804. The lowest BCUT2D eigenvalue weighted by Crippen LogP contribution is -1.94. The summed E-state index contributed by atoms with van der Waals surface area (Å²) >= 11 is 15.6. The zero-order chi connectivity index (χ0) is 14.4. The molecule has 0 bridgehead atoms. The number of aryl methyl sites for hydroxylation is 1. The van der Waals surface area contributed by atoms with Crippen LogP contribution in [0.25, 0.3) is 22.4 Å². The molecule has 3 aromatic rings. The van der Waals surface area contributed by atoms with Crippen molar-refractivity contribution in [2.45, 2.75) is 0 Å². The maximum absolute atomic E-state index is 6.09. The fraction of sp³-hybridized carbons (Fsp3) is 0.0714. The molecule has 102 valence electrons. The molecule has 0 aliphatic rings. The first-order valence-corrected chi connectivity index (χ1v) is 7.39. The second kappa shape index (κ2) is 4.95. The standard InChI is InChI=1S/C14H10BrCl2N3/c1-20-12-3-2-8(15)6-11(12)19-14(20)7-4-9(16)13(18)10(17)5-7/h2-6H,18H2,1H3. The smallest absolute Gasteiger partial charge is 0.140 e. The summed E-state index contributed by atoms with van der Waals surface area (Å²) in [5.74, 6) is 0.793. The molecule has 0 fully saturated rings. The second-order valence-electron chi connectivity index (χ2n) is 4.48. The zero-order valence-electron chi connectivity index (χ0n) is 10.5. The van der Waals surface area contributed by atoms with Crippen LogP contribution in [-0.2, 0) is 7.05 Å². The number of rotatable bonds is 1. The topological polar surface area (TPSA) is 43.8 Å². The lowest BCUT2D eigenvalue weighted by molar-refractivity contribution is 0.959. The van der Waals surface area contributed by atoms with Crippen molar-refractivity contribution in [3.05, 3.63) is 44.8 Å². The number of nitrogen functional groups attached to an aromatic ring is 1. The minimum absolute atomic E-state index is 0.388. The summed E-state index contributed by atoms with van der Waals surface area (Å²) in [6, 6.07) is 9.52. The maximum atomic E-state index is 6.09. The second-order valence-corrected chi connectivity index (χ2v) is 6.21. The van der Waals surface area contributed by atoms with Gasteiger partial charge in [-0.2, -0.15) is 0 Å². The van der Waals surface area contributed by atoms with Gasteiger partial charge in [0.1, 0.15) is 5.82 Å². The van der Waals surface area contributed by atoms with Crippen LogP contribution in [0.15, 0.2) is 34.8 Å². The third-order valence-corrected chi connectivity index (χ3v) is 4.30. The van der Waals surface area contributed by atoms with Crippen molar-refractivity contribution in [3.8, 4) is 11.4 Å². The SMILES string of the molecule is Cn1c(-c2cc(Cl)c(N)c(Cl)c2)nc2cc(Br)ccc21. The van der Waals surface area contributed by atoms with Gasteiger partial charge in [-0.05, 0) is 30.3 Å². The average molecular weight is 371 g/mol. The van der Waals surface area contributed by atoms with Crippen LogP contribution in [-0.4, -0.2) is 9.55 Å². The number of imidazole rings is 1. The number of halogens is 3. The van der Waals surface area contributed by atoms with Crippen molar-refractivity contribution in [2.24, 2.45) is 7.05 Å². The number of anilines is 1. The summed E-state index contributed by atoms with van der Waals surface area (Å²) in [6.07, 6.45) is 0. The molecule has 0 amide bonds. The molecule has 0 atom stereocenters. The van der Waals surface area contributed by atoms with E-state index in [2.05, 4.69) is 20.9 Å². The van der Waals surface area contributed by atoms with Gasteiger partial charge in [-0.25, -0.2) is 4.98 Å². The molecule has 0 radical (unpaired) electrons. The number of hydrogen-bond donors (Lipinski definition) is 1. The largest absolute Gasteiger partial charge is 0.396 e. The van der Waals surface area contributed by atoms with Crippen LogP contribution < -0.4 is 5.73 Å². The van der Waals surface area contributed by atoms with Gasteiger partial charge in [-0.3, -0.25) is 0 Å². The molecule has 2 aromatic carbocycles. The molecule has 1 aromatic heterocycles. The van der Waals surface area contributed by atoms with Gasteiger partial charge in [0.25, 0.3) is 0 Å². The highest BCUT2D eigenvalue weighted by Gasteiger charge is 2.13. The van der Waals surface area contributed by atoms with Gasteiger partial charge in [-0.15, -0.1) is 0 Å². The van der Waals surface area contributed by atoms with Crippen LogP contribution in [0.1, 0.15) is 0 Å². The van der Waals surface area contributed by atoms with E-state index in [0.717, 1.165) is 26.9 Å². The van der Waals surface area contributed by atoms with Gasteiger partial charge in [0.05, 0.1) is 26.8 Å². The third kappa shape index (κ3) is 2.18. The van der Waals surface area contributed by atoms with Crippen molar-refractivity contribution in [1.82, 2.24) is 9.55 Å². The van der Waals surface area contributed by atoms with Crippen LogP contribution in [0.2, 0.25) is 10.0 Å². The van der Waals surface area contributed by atoms with Crippen molar-refractivity contribution in [3.63, 3.8) is 0 Å². The van der Waals surface area contributed by atoms with Crippen LogP contribution >= 0.6 is 39.1 Å². The van der Waals surface area contributed by atoms with Crippen LogP contribution in [0.4, 0.5) is 5.69 Å². The van der Waals surface area contributed by atoms with Gasteiger partial charge in [0, 0.05) is 17.1 Å². The van der Waals surface area contributed by atoms with Crippen molar-refractivity contribution in [1.29, 1.82) is 0 Å². The average Bonchev–Trinajstić information content (AvgIpc) is 2.72. The third-order valence-electron chi connectivity index (χ3n) is 3.18. The monoisotopic (exact) mass is 369 g/mol. The molecule has 20 heavy (non-hydrogen) atoms. The lowest BCUT2D eigenvalue weighted by atomic mass is 10.2. The number of aromatic nitrogens is 2. The molecule has 0 aliphatic carbocycles. The Balaban J connectivity index is 2.27. The summed E-state index contributed by atoms with van der Waals surface area (Å²) in [5.41, 5.74) is 8.93. The Morgan fingerprint density at radius 3 is 2.45 bits per heavy atom. The summed E-state index contributed by atoms with van der Waals surface area (Å²) in [5, 5.41) is 0.862. The minimum Gasteiger partial charge on any atom is -0.396 e. The predicted octanol–water partition coefficient (Wildman–Crippen LogP) is 4.89. The van der Waals surface area contributed by atoms with E-state index in [0.29, 0.717) is 15.7 Å². The molecule has 0 aliphatic heterocycles. The fourth-order valence-corrected chi connectivity index (χ4v) is 2.98. The Hall–Kier alpha value is -1.23. The van der Waals surface area contributed by atoms with Crippen molar-refractivity contribution < 1.29 is 0 Å². The lowest BCUT2D eigenvalue weighted by Gasteiger charge is -2.06. The predicted molar refractivity (Wildman–Crippen MR) is 88.3 cm³/mol. The van der Waals surface area contributed by atoms with Crippen LogP contribution in [0.3, 0.4) is 0 Å². The van der Waals surface area contributed by atoms with E-state index in [1.807, 2.05) is 29.8 Å². The Morgan fingerprint density at radius 2 is 1.80 bits per heavy atom.